The second kappa shape index (κ2) is 9.55. The average Bonchev–Trinajstić information content (AvgIpc) is 3.10. The van der Waals surface area contributed by atoms with Gasteiger partial charge in [0.25, 0.3) is 5.91 Å². The van der Waals surface area contributed by atoms with Crippen molar-refractivity contribution in [3.8, 4) is 0 Å². The number of carbonyl (C=O) groups excluding carboxylic acids is 1. The van der Waals surface area contributed by atoms with Crippen LogP contribution in [0.3, 0.4) is 0 Å². The van der Waals surface area contributed by atoms with E-state index in [4.69, 9.17) is 0 Å². The molecule has 10 heteroatoms. The molecule has 1 amide bonds. The van der Waals surface area contributed by atoms with Gasteiger partial charge in [0.2, 0.25) is 20.0 Å². The molecule has 35 heavy (non-hydrogen) atoms. The predicted octanol–water partition coefficient (Wildman–Crippen LogP) is 4.00. The van der Waals surface area contributed by atoms with Gasteiger partial charge in [-0.05, 0) is 68.1 Å². The van der Waals surface area contributed by atoms with E-state index in [1.54, 1.807) is 36.1 Å². The smallest absolute Gasteiger partial charge is 0.258 e. The summed E-state index contributed by atoms with van der Waals surface area (Å²) in [5, 5.41) is 0. The van der Waals surface area contributed by atoms with Gasteiger partial charge in [0.05, 0.1) is 11.2 Å². The van der Waals surface area contributed by atoms with E-state index in [1.165, 1.54) is 12.1 Å². The molecule has 1 atom stereocenters. The summed E-state index contributed by atoms with van der Waals surface area (Å²) in [4.78, 5) is 15.5. The van der Waals surface area contributed by atoms with E-state index in [0.717, 1.165) is 49.6 Å². The molecule has 1 aliphatic heterocycles. The monoisotopic (exact) mass is 519 g/mol. The number of anilines is 2. The van der Waals surface area contributed by atoms with Gasteiger partial charge in [0.15, 0.2) is 0 Å². The molecule has 1 heterocycles. The Kier molecular flexibility index (Phi) is 7.00. The van der Waals surface area contributed by atoms with Crippen LogP contribution in [0.1, 0.15) is 68.3 Å². The first-order valence-electron chi connectivity index (χ1n) is 12.0. The molecular formula is C25H33N3O5S2. The quantitative estimate of drug-likeness (QED) is 0.574. The van der Waals surface area contributed by atoms with E-state index in [9.17, 15) is 21.6 Å². The van der Waals surface area contributed by atoms with Crippen molar-refractivity contribution in [1.82, 2.24) is 4.72 Å². The highest BCUT2D eigenvalue weighted by molar-refractivity contribution is 7.92. The number of hydrogen-bond donors (Lipinski definition) is 2. The number of nitrogens with one attached hydrogen (secondary N) is 2. The highest BCUT2D eigenvalue weighted by Crippen LogP contribution is 2.50. The van der Waals surface area contributed by atoms with E-state index >= 15 is 0 Å². The minimum Gasteiger partial charge on any atom is -0.307 e. The molecule has 1 aliphatic carbocycles. The summed E-state index contributed by atoms with van der Waals surface area (Å²) in [5.41, 5.74) is 2.27. The summed E-state index contributed by atoms with van der Waals surface area (Å²) >= 11 is 0. The van der Waals surface area contributed by atoms with Gasteiger partial charge in [-0.3, -0.25) is 9.52 Å². The first kappa shape index (κ1) is 25.7. The summed E-state index contributed by atoms with van der Waals surface area (Å²) in [7, 11) is -7.18. The Bertz CT molecular complexity index is 1330. The van der Waals surface area contributed by atoms with Crippen molar-refractivity contribution in [1.29, 1.82) is 0 Å². The Balaban J connectivity index is 1.71. The summed E-state index contributed by atoms with van der Waals surface area (Å²) in [6, 6.07) is 11.2. The molecule has 2 aromatic rings. The summed E-state index contributed by atoms with van der Waals surface area (Å²) in [5.74, 6) is -0.266. The fraction of sp³-hybridized carbons (Fsp3) is 0.480. The molecule has 1 unspecified atom stereocenters. The van der Waals surface area contributed by atoms with Gasteiger partial charge in [-0.25, -0.2) is 21.6 Å². The maximum absolute atomic E-state index is 13.7. The van der Waals surface area contributed by atoms with Crippen LogP contribution < -0.4 is 14.3 Å². The molecule has 0 saturated heterocycles. The van der Waals surface area contributed by atoms with Gasteiger partial charge in [-0.15, -0.1) is 0 Å². The molecule has 2 N–H and O–H groups in total. The number of hydrogen-bond acceptors (Lipinski definition) is 5. The summed E-state index contributed by atoms with van der Waals surface area (Å²) in [6.45, 7) is 4.19. The number of benzene rings is 2. The molecule has 1 spiro atoms. The molecule has 1 saturated carbocycles. The normalized spacial score (nSPS) is 18.3. The van der Waals surface area contributed by atoms with E-state index in [1.807, 2.05) is 13.0 Å². The molecule has 190 valence electrons. The Morgan fingerprint density at radius 3 is 2.43 bits per heavy atom. The first-order chi connectivity index (χ1) is 16.4. The van der Waals surface area contributed by atoms with Crippen LogP contribution in [-0.4, -0.2) is 41.6 Å². The van der Waals surface area contributed by atoms with Crippen molar-refractivity contribution in [2.24, 2.45) is 0 Å². The fourth-order valence-corrected chi connectivity index (χ4v) is 7.08. The minimum atomic E-state index is -3.75. The molecule has 2 aromatic carbocycles. The van der Waals surface area contributed by atoms with Gasteiger partial charge < -0.3 is 4.90 Å². The number of carbonyl (C=O) groups is 1. The Morgan fingerprint density at radius 2 is 1.77 bits per heavy atom. The van der Waals surface area contributed by atoms with Crippen LogP contribution in [0, 0.1) is 0 Å². The van der Waals surface area contributed by atoms with Gasteiger partial charge in [0.1, 0.15) is 0 Å². The van der Waals surface area contributed by atoms with E-state index in [2.05, 4.69) is 9.44 Å². The van der Waals surface area contributed by atoms with E-state index in [0.29, 0.717) is 24.2 Å². The number of sulfonamides is 2. The third kappa shape index (κ3) is 5.39. The zero-order valence-electron chi connectivity index (χ0n) is 20.4. The molecule has 4 rings (SSSR count). The van der Waals surface area contributed by atoms with Crippen molar-refractivity contribution in [3.05, 3.63) is 53.6 Å². The average molecular weight is 520 g/mol. The second-order valence-electron chi connectivity index (χ2n) is 9.80. The highest BCUT2D eigenvalue weighted by atomic mass is 32.2. The number of nitrogens with zero attached hydrogens (tertiary/aromatic N) is 1. The summed E-state index contributed by atoms with van der Waals surface area (Å²) < 4.78 is 54.4. The maximum Gasteiger partial charge on any atom is 0.258 e. The van der Waals surface area contributed by atoms with Crippen molar-refractivity contribution in [2.75, 3.05) is 22.4 Å². The Hall–Kier alpha value is -2.43. The lowest BCUT2D eigenvalue weighted by atomic mass is 9.70. The largest absolute Gasteiger partial charge is 0.307 e. The number of rotatable bonds is 7. The lowest BCUT2D eigenvalue weighted by Gasteiger charge is -2.34. The third-order valence-corrected chi connectivity index (χ3v) is 9.23. The summed E-state index contributed by atoms with van der Waals surface area (Å²) in [6.07, 6.45) is 6.82. The fourth-order valence-electron chi connectivity index (χ4n) is 5.15. The lowest BCUT2D eigenvalue weighted by molar-refractivity contribution is 0.0982. The van der Waals surface area contributed by atoms with Crippen LogP contribution >= 0.6 is 0 Å². The number of fused-ring (bicyclic) bond motifs is 2. The van der Waals surface area contributed by atoms with Gasteiger partial charge in [0, 0.05) is 34.9 Å². The number of amides is 1. The van der Waals surface area contributed by atoms with Crippen LogP contribution in [0.25, 0.3) is 0 Å². The maximum atomic E-state index is 13.7. The van der Waals surface area contributed by atoms with Gasteiger partial charge in [-0.1, -0.05) is 32.3 Å². The molecule has 8 nitrogen and oxygen atoms in total. The molecule has 1 fully saturated rings. The van der Waals surface area contributed by atoms with Gasteiger partial charge >= 0.3 is 0 Å². The predicted molar refractivity (Wildman–Crippen MR) is 138 cm³/mol. The SMILES string of the molecule is CCC(C)NS(=O)(=O)c1cccc(C(=O)N2CC3(CCCCC3)c3cc(NS(C)(=O)=O)ccc32)c1. The topological polar surface area (TPSA) is 113 Å². The zero-order chi connectivity index (χ0) is 25.4. The third-order valence-electron chi connectivity index (χ3n) is 7.04. The van der Waals surface area contributed by atoms with E-state index < -0.39 is 20.0 Å². The molecule has 2 aliphatic rings. The first-order valence-corrected chi connectivity index (χ1v) is 15.4. The van der Waals surface area contributed by atoms with Crippen molar-refractivity contribution >= 4 is 37.3 Å². The minimum absolute atomic E-state index is 0.0585. The Labute approximate surface area is 208 Å². The van der Waals surface area contributed by atoms with E-state index in [-0.39, 0.29) is 22.3 Å². The molecule has 0 radical (unpaired) electrons. The highest BCUT2D eigenvalue weighted by Gasteiger charge is 2.45. The Morgan fingerprint density at radius 1 is 1.06 bits per heavy atom. The second-order valence-corrected chi connectivity index (χ2v) is 13.3. The van der Waals surface area contributed by atoms with Crippen LogP contribution in [0.2, 0.25) is 0 Å². The van der Waals surface area contributed by atoms with Crippen molar-refractivity contribution in [2.45, 2.75) is 68.7 Å². The van der Waals surface area contributed by atoms with Crippen LogP contribution in [0.15, 0.2) is 47.4 Å². The van der Waals surface area contributed by atoms with Crippen LogP contribution in [0.4, 0.5) is 11.4 Å². The molecular weight excluding hydrogens is 486 g/mol. The zero-order valence-corrected chi connectivity index (χ0v) is 22.0. The standard InChI is InChI=1S/C25H33N3O5S2/c1-4-18(2)26-35(32,33)21-10-8-9-19(15-21)24(29)28-17-25(13-6-5-7-14-25)22-16-20(11-12-23(22)28)27-34(3,30)31/h8-12,15-16,18,26-27H,4-7,13-14,17H2,1-3H3. The van der Waals surface area contributed by atoms with Crippen LogP contribution in [-0.2, 0) is 25.5 Å². The van der Waals surface area contributed by atoms with Crippen molar-refractivity contribution in [3.63, 3.8) is 0 Å². The van der Waals surface area contributed by atoms with Gasteiger partial charge in [-0.2, -0.15) is 0 Å². The van der Waals surface area contributed by atoms with Crippen molar-refractivity contribution < 1.29 is 21.6 Å². The lowest BCUT2D eigenvalue weighted by Crippen LogP contribution is -2.38. The molecule has 0 bridgehead atoms. The van der Waals surface area contributed by atoms with Crippen LogP contribution in [0.5, 0.6) is 0 Å². The molecule has 0 aromatic heterocycles.